The molecule has 0 bridgehead atoms. The van der Waals surface area contributed by atoms with E-state index in [9.17, 15) is 5.26 Å². The highest BCUT2D eigenvalue weighted by Gasteiger charge is 2.55. The number of nitrogens with zero attached hydrogens (tertiary/aromatic N) is 2. The minimum Gasteiger partial charge on any atom is -0.379 e. The van der Waals surface area contributed by atoms with Crippen molar-refractivity contribution in [1.82, 2.24) is 4.90 Å². The fraction of sp³-hybridized carbons (Fsp3) is 0.906. The summed E-state index contributed by atoms with van der Waals surface area (Å²) in [6, 6.07) is 3.50. The molecule has 0 N–H and O–H groups in total. The molecule has 5 nitrogen and oxygen atoms in total. The quantitative estimate of drug-likeness (QED) is 0.416. The van der Waals surface area contributed by atoms with Crippen LogP contribution in [0.15, 0.2) is 12.2 Å². The third-order valence-corrected chi connectivity index (χ3v) is 11.5. The van der Waals surface area contributed by atoms with Crippen LogP contribution in [0.1, 0.15) is 90.4 Å². The predicted molar refractivity (Wildman–Crippen MR) is 145 cm³/mol. The average Bonchev–Trinajstić information content (AvgIpc) is 2.97. The Labute approximate surface area is 225 Å². The summed E-state index contributed by atoms with van der Waals surface area (Å²) in [4.78, 5) is 2.72. The van der Waals surface area contributed by atoms with Crippen LogP contribution < -0.4 is 0 Å². The van der Waals surface area contributed by atoms with Crippen molar-refractivity contribution in [2.75, 3.05) is 32.9 Å². The predicted octanol–water partition coefficient (Wildman–Crippen LogP) is 6.13. The van der Waals surface area contributed by atoms with Gasteiger partial charge in [0.05, 0.1) is 43.0 Å². The molecule has 4 saturated carbocycles. The van der Waals surface area contributed by atoms with E-state index >= 15 is 0 Å². The molecule has 0 aromatic carbocycles. The van der Waals surface area contributed by atoms with Crippen LogP contribution in [-0.4, -0.2) is 61.7 Å². The topological polar surface area (TPSA) is 54.7 Å². The molecule has 2 heterocycles. The van der Waals surface area contributed by atoms with Gasteiger partial charge in [-0.3, -0.25) is 4.90 Å². The zero-order valence-corrected chi connectivity index (χ0v) is 23.2. The molecular weight excluding hydrogens is 460 g/mol. The van der Waals surface area contributed by atoms with Gasteiger partial charge in [-0.05, 0) is 95.3 Å². The number of rotatable bonds is 5. The van der Waals surface area contributed by atoms with Crippen molar-refractivity contribution in [3.8, 4) is 6.07 Å². The molecule has 0 aromatic heterocycles. The van der Waals surface area contributed by atoms with Gasteiger partial charge in [-0.1, -0.05) is 25.0 Å². The lowest BCUT2D eigenvalue weighted by atomic mass is 9.58. The summed E-state index contributed by atoms with van der Waals surface area (Å²) in [6.45, 7) is 6.98. The molecule has 0 aromatic rings. The Kier molecular flexibility index (Phi) is 8.29. The van der Waals surface area contributed by atoms with Gasteiger partial charge in [0.2, 0.25) is 0 Å². The Morgan fingerprint density at radius 1 is 0.973 bits per heavy atom. The third-order valence-electron chi connectivity index (χ3n) is 11.5. The standard InChI is InChI=1S/C32H50N2O3/c1-2-36-27-11-8-25(9-12-27)32(30-6-4-3-5-24(30)22-33)16-15-29-28-13-10-26(34-17-19-35-20-18-34)21-23(28)7-14-31(29)37-32/h15-16,23-31H,2-14,17-21H2,1H3. The molecule has 8 unspecified atom stereocenters. The van der Waals surface area contributed by atoms with Gasteiger partial charge in [0.25, 0.3) is 0 Å². The Hall–Kier alpha value is -0.930. The van der Waals surface area contributed by atoms with Gasteiger partial charge < -0.3 is 14.2 Å². The summed E-state index contributed by atoms with van der Waals surface area (Å²) in [5.74, 6) is 3.20. The summed E-state index contributed by atoms with van der Waals surface area (Å²) in [5, 5.41) is 10.2. The molecule has 2 aliphatic heterocycles. The number of morpholine rings is 1. The first-order valence-electron chi connectivity index (χ1n) is 15.9. The largest absolute Gasteiger partial charge is 0.379 e. The Balaban J connectivity index is 1.21. The first-order valence-corrected chi connectivity index (χ1v) is 15.9. The highest BCUT2D eigenvalue weighted by molar-refractivity contribution is 5.20. The molecule has 5 heteroatoms. The van der Waals surface area contributed by atoms with E-state index in [4.69, 9.17) is 14.2 Å². The van der Waals surface area contributed by atoms with Crippen molar-refractivity contribution in [2.24, 2.45) is 35.5 Å². The van der Waals surface area contributed by atoms with Gasteiger partial charge >= 0.3 is 0 Å². The summed E-state index contributed by atoms with van der Waals surface area (Å²) < 4.78 is 19.1. The molecule has 4 aliphatic carbocycles. The Morgan fingerprint density at radius 3 is 2.57 bits per heavy atom. The van der Waals surface area contributed by atoms with Gasteiger partial charge in [-0.2, -0.15) is 5.26 Å². The SMILES string of the molecule is CCOC1CCC(C2(C3CCCCC3C#N)C=CC3C(CCC4CC(N5CCOCC5)CCC43)O2)CC1. The van der Waals surface area contributed by atoms with E-state index < -0.39 is 0 Å². The molecule has 6 aliphatic rings. The van der Waals surface area contributed by atoms with Crippen molar-refractivity contribution in [2.45, 2.75) is 114 Å². The molecular formula is C32H50N2O3. The second-order valence-corrected chi connectivity index (χ2v) is 13.1. The van der Waals surface area contributed by atoms with Gasteiger partial charge in [0.1, 0.15) is 0 Å². The van der Waals surface area contributed by atoms with E-state index in [1.807, 2.05) is 0 Å². The van der Waals surface area contributed by atoms with E-state index in [1.165, 1.54) is 57.8 Å². The monoisotopic (exact) mass is 510 g/mol. The lowest BCUT2D eigenvalue weighted by Crippen LogP contribution is -2.58. The van der Waals surface area contributed by atoms with Crippen LogP contribution in [0.2, 0.25) is 0 Å². The summed E-state index contributed by atoms with van der Waals surface area (Å²) in [7, 11) is 0. The van der Waals surface area contributed by atoms with E-state index in [1.54, 1.807) is 0 Å². The minimum atomic E-state index is -0.239. The maximum Gasteiger partial charge on any atom is 0.0935 e. The fourth-order valence-electron chi connectivity index (χ4n) is 9.68. The van der Waals surface area contributed by atoms with Crippen molar-refractivity contribution in [3.63, 3.8) is 0 Å². The number of hydrogen-bond acceptors (Lipinski definition) is 5. The number of nitriles is 1. The zero-order chi connectivity index (χ0) is 25.2. The van der Waals surface area contributed by atoms with E-state index in [-0.39, 0.29) is 11.5 Å². The van der Waals surface area contributed by atoms with Crippen LogP contribution in [0.3, 0.4) is 0 Å². The van der Waals surface area contributed by atoms with Gasteiger partial charge in [-0.25, -0.2) is 0 Å². The zero-order valence-electron chi connectivity index (χ0n) is 23.2. The second-order valence-electron chi connectivity index (χ2n) is 13.1. The van der Waals surface area contributed by atoms with Crippen LogP contribution >= 0.6 is 0 Å². The number of hydrogen-bond donors (Lipinski definition) is 0. The molecule has 206 valence electrons. The molecule has 6 rings (SSSR count). The number of fused-ring (bicyclic) bond motifs is 3. The number of ether oxygens (including phenoxy) is 3. The summed E-state index contributed by atoms with van der Waals surface area (Å²) >= 11 is 0. The van der Waals surface area contributed by atoms with E-state index in [0.717, 1.165) is 76.5 Å². The van der Waals surface area contributed by atoms with Crippen molar-refractivity contribution in [3.05, 3.63) is 12.2 Å². The second kappa shape index (κ2) is 11.7. The first kappa shape index (κ1) is 26.3. The van der Waals surface area contributed by atoms with Gasteiger partial charge in [0.15, 0.2) is 0 Å². The molecule has 37 heavy (non-hydrogen) atoms. The van der Waals surface area contributed by atoms with Crippen LogP contribution in [0.25, 0.3) is 0 Å². The van der Waals surface area contributed by atoms with Crippen molar-refractivity contribution < 1.29 is 14.2 Å². The fourth-order valence-corrected chi connectivity index (χ4v) is 9.68. The minimum absolute atomic E-state index is 0.139. The molecule has 1 saturated heterocycles. The van der Waals surface area contributed by atoms with Crippen LogP contribution in [-0.2, 0) is 14.2 Å². The van der Waals surface area contributed by atoms with Crippen LogP contribution in [0, 0.1) is 46.8 Å². The van der Waals surface area contributed by atoms with E-state index in [0.29, 0.717) is 30.0 Å². The van der Waals surface area contributed by atoms with Gasteiger partial charge in [0, 0.05) is 37.6 Å². The van der Waals surface area contributed by atoms with Crippen molar-refractivity contribution >= 4 is 0 Å². The first-order chi connectivity index (χ1) is 18.2. The van der Waals surface area contributed by atoms with Crippen molar-refractivity contribution in [1.29, 1.82) is 5.26 Å². The highest BCUT2D eigenvalue weighted by Crippen LogP contribution is 2.55. The lowest BCUT2D eigenvalue weighted by molar-refractivity contribution is -0.193. The highest BCUT2D eigenvalue weighted by atomic mass is 16.5. The Morgan fingerprint density at radius 2 is 1.78 bits per heavy atom. The summed E-state index contributed by atoms with van der Waals surface area (Å²) in [5.41, 5.74) is -0.239. The van der Waals surface area contributed by atoms with E-state index in [2.05, 4.69) is 30.0 Å². The molecule has 5 fully saturated rings. The smallest absolute Gasteiger partial charge is 0.0935 e. The van der Waals surface area contributed by atoms with Gasteiger partial charge in [-0.15, -0.1) is 0 Å². The molecule has 0 spiro atoms. The normalized spacial score (nSPS) is 47.0. The molecule has 8 atom stereocenters. The van der Waals surface area contributed by atoms with Crippen LogP contribution in [0.5, 0.6) is 0 Å². The Bertz CT molecular complexity index is 826. The molecule has 0 amide bonds. The maximum absolute atomic E-state index is 10.2. The lowest BCUT2D eigenvalue weighted by Gasteiger charge is -2.57. The van der Waals surface area contributed by atoms with Crippen LogP contribution in [0.4, 0.5) is 0 Å². The molecule has 0 radical (unpaired) electrons. The third kappa shape index (κ3) is 5.18. The summed E-state index contributed by atoms with van der Waals surface area (Å²) in [6.07, 6.45) is 21.8. The average molecular weight is 511 g/mol. The maximum atomic E-state index is 10.2.